The van der Waals surface area contributed by atoms with Crippen LogP contribution >= 0.6 is 0 Å². The van der Waals surface area contributed by atoms with E-state index in [1.807, 2.05) is 4.90 Å². The molecule has 2 aliphatic heterocycles. The number of hydrogen-bond acceptors (Lipinski definition) is 6. The molecule has 3 heterocycles. The van der Waals surface area contributed by atoms with Gasteiger partial charge in [-0.25, -0.2) is 4.98 Å². The van der Waals surface area contributed by atoms with E-state index in [1.165, 1.54) is 0 Å². The Bertz CT molecular complexity index is 613. The number of piperazine rings is 1. The predicted molar refractivity (Wildman–Crippen MR) is 95.7 cm³/mol. The zero-order valence-electron chi connectivity index (χ0n) is 15.6. The first-order valence-corrected chi connectivity index (χ1v) is 9.13. The van der Waals surface area contributed by atoms with Gasteiger partial charge < -0.3 is 14.7 Å². The minimum Gasteiger partial charge on any atom is -0.363 e. The Morgan fingerprint density at radius 1 is 1.12 bits per heavy atom. The number of anilines is 2. The molecule has 9 heteroatoms. The second-order valence-electron chi connectivity index (χ2n) is 7.16. The molecule has 6 nitrogen and oxygen atoms in total. The number of halogens is 3. The molecule has 0 N–H and O–H groups in total. The SMILES string of the molecule is CCN1CCN(C2CCN(c3nc(N(C)C)cc(C(F)(F)F)n3)C2)CC1. The lowest BCUT2D eigenvalue weighted by molar-refractivity contribution is -0.141. The van der Waals surface area contributed by atoms with Crippen molar-refractivity contribution in [3.63, 3.8) is 0 Å². The summed E-state index contributed by atoms with van der Waals surface area (Å²) in [5.74, 6) is 0.459. The molecule has 0 aromatic carbocycles. The van der Waals surface area contributed by atoms with Gasteiger partial charge in [-0.3, -0.25) is 4.90 Å². The van der Waals surface area contributed by atoms with E-state index in [2.05, 4.69) is 26.7 Å². The lowest BCUT2D eigenvalue weighted by Gasteiger charge is -2.37. The van der Waals surface area contributed by atoms with E-state index >= 15 is 0 Å². The van der Waals surface area contributed by atoms with Crippen LogP contribution in [0.25, 0.3) is 0 Å². The van der Waals surface area contributed by atoms with Crippen LogP contribution in [-0.4, -0.2) is 85.7 Å². The Balaban J connectivity index is 1.73. The first-order valence-electron chi connectivity index (χ1n) is 9.13. The Morgan fingerprint density at radius 3 is 2.38 bits per heavy atom. The monoisotopic (exact) mass is 372 g/mol. The Hall–Kier alpha value is -1.61. The van der Waals surface area contributed by atoms with E-state index in [-0.39, 0.29) is 11.8 Å². The van der Waals surface area contributed by atoms with Gasteiger partial charge in [0.15, 0.2) is 5.69 Å². The van der Waals surface area contributed by atoms with Crippen LogP contribution in [0.3, 0.4) is 0 Å². The van der Waals surface area contributed by atoms with Gasteiger partial charge in [-0.15, -0.1) is 0 Å². The molecule has 1 aromatic rings. The maximum atomic E-state index is 13.2. The molecule has 2 aliphatic rings. The number of aromatic nitrogens is 2. The van der Waals surface area contributed by atoms with E-state index in [1.54, 1.807) is 19.0 Å². The molecular formula is C17H27F3N6. The van der Waals surface area contributed by atoms with E-state index in [9.17, 15) is 13.2 Å². The standard InChI is InChI=1S/C17H27F3N6/c1-4-24-7-9-25(10-8-24)13-5-6-26(12-13)16-21-14(17(18,19)20)11-15(22-16)23(2)3/h11,13H,4-10,12H2,1-3H3. The maximum absolute atomic E-state index is 13.2. The topological polar surface area (TPSA) is 38.7 Å². The second kappa shape index (κ2) is 7.56. The maximum Gasteiger partial charge on any atom is 0.433 e. The van der Waals surface area contributed by atoms with Crippen molar-refractivity contribution in [3.8, 4) is 0 Å². The molecule has 1 atom stereocenters. The molecular weight excluding hydrogens is 345 g/mol. The summed E-state index contributed by atoms with van der Waals surface area (Å²) in [5.41, 5.74) is -0.883. The van der Waals surface area contributed by atoms with Crippen LogP contribution in [0.4, 0.5) is 24.9 Å². The highest BCUT2D eigenvalue weighted by atomic mass is 19.4. The van der Waals surface area contributed by atoms with Crippen LogP contribution in [-0.2, 0) is 6.18 Å². The normalized spacial score (nSPS) is 22.8. The van der Waals surface area contributed by atoms with E-state index in [0.717, 1.165) is 45.2 Å². The van der Waals surface area contributed by atoms with E-state index in [0.29, 0.717) is 19.1 Å². The van der Waals surface area contributed by atoms with Crippen LogP contribution < -0.4 is 9.80 Å². The third kappa shape index (κ3) is 4.20. The number of hydrogen-bond donors (Lipinski definition) is 0. The van der Waals surface area contributed by atoms with E-state index < -0.39 is 11.9 Å². The number of alkyl halides is 3. The zero-order valence-corrected chi connectivity index (χ0v) is 15.6. The van der Waals surface area contributed by atoms with Crippen molar-refractivity contribution in [2.24, 2.45) is 0 Å². The second-order valence-corrected chi connectivity index (χ2v) is 7.16. The molecule has 26 heavy (non-hydrogen) atoms. The van der Waals surface area contributed by atoms with Gasteiger partial charge in [0.2, 0.25) is 5.95 Å². The number of nitrogens with zero attached hydrogens (tertiary/aromatic N) is 6. The summed E-state index contributed by atoms with van der Waals surface area (Å²) in [6.45, 7) is 8.73. The lowest BCUT2D eigenvalue weighted by Crippen LogP contribution is -2.50. The smallest absolute Gasteiger partial charge is 0.363 e. The van der Waals surface area contributed by atoms with E-state index in [4.69, 9.17) is 0 Å². The molecule has 0 bridgehead atoms. The minimum atomic E-state index is -4.47. The Kier molecular flexibility index (Phi) is 5.57. The fourth-order valence-corrected chi connectivity index (χ4v) is 3.60. The summed E-state index contributed by atoms with van der Waals surface area (Å²) < 4.78 is 39.6. The Morgan fingerprint density at radius 2 is 1.81 bits per heavy atom. The average Bonchev–Trinajstić information content (AvgIpc) is 3.11. The third-order valence-corrected chi connectivity index (χ3v) is 5.27. The van der Waals surface area contributed by atoms with Gasteiger partial charge in [-0.1, -0.05) is 6.92 Å². The van der Waals surface area contributed by atoms with Crippen LogP contribution in [0.5, 0.6) is 0 Å². The lowest BCUT2D eigenvalue weighted by atomic mass is 10.2. The van der Waals surface area contributed by atoms with Gasteiger partial charge >= 0.3 is 6.18 Å². The molecule has 2 saturated heterocycles. The summed E-state index contributed by atoms with van der Waals surface area (Å²) in [5, 5.41) is 0. The van der Waals surface area contributed by atoms with Crippen molar-refractivity contribution in [2.45, 2.75) is 25.6 Å². The van der Waals surface area contributed by atoms with Gasteiger partial charge in [0, 0.05) is 65.5 Å². The highest BCUT2D eigenvalue weighted by Gasteiger charge is 2.36. The average molecular weight is 372 g/mol. The van der Waals surface area contributed by atoms with Gasteiger partial charge in [0.1, 0.15) is 5.82 Å². The van der Waals surface area contributed by atoms with Crippen LogP contribution in [0, 0.1) is 0 Å². The van der Waals surface area contributed by atoms with Gasteiger partial charge in [0.05, 0.1) is 0 Å². The van der Waals surface area contributed by atoms with Crippen molar-refractivity contribution < 1.29 is 13.2 Å². The fourth-order valence-electron chi connectivity index (χ4n) is 3.60. The molecule has 146 valence electrons. The molecule has 0 spiro atoms. The predicted octanol–water partition coefficient (Wildman–Crippen LogP) is 1.78. The molecule has 1 aromatic heterocycles. The molecule has 0 aliphatic carbocycles. The summed E-state index contributed by atoms with van der Waals surface area (Å²) in [6.07, 6.45) is -3.54. The number of likely N-dealkylation sites (N-methyl/N-ethyl adjacent to an activating group) is 1. The van der Waals surface area contributed by atoms with Crippen molar-refractivity contribution in [1.82, 2.24) is 19.8 Å². The molecule has 2 fully saturated rings. The largest absolute Gasteiger partial charge is 0.433 e. The van der Waals surface area contributed by atoms with Crippen molar-refractivity contribution in [1.29, 1.82) is 0 Å². The Labute approximate surface area is 152 Å². The first kappa shape index (κ1) is 19.2. The van der Waals surface area contributed by atoms with Crippen LogP contribution in [0.2, 0.25) is 0 Å². The summed E-state index contributed by atoms with van der Waals surface area (Å²) in [4.78, 5) is 16.5. The third-order valence-electron chi connectivity index (χ3n) is 5.27. The summed E-state index contributed by atoms with van der Waals surface area (Å²) >= 11 is 0. The van der Waals surface area contributed by atoms with Crippen LogP contribution in [0.1, 0.15) is 19.0 Å². The highest BCUT2D eigenvalue weighted by Crippen LogP contribution is 2.32. The van der Waals surface area contributed by atoms with Crippen molar-refractivity contribution >= 4 is 11.8 Å². The molecule has 3 rings (SSSR count). The van der Waals surface area contributed by atoms with Gasteiger partial charge in [0.25, 0.3) is 0 Å². The van der Waals surface area contributed by atoms with Gasteiger partial charge in [-0.2, -0.15) is 18.2 Å². The fraction of sp³-hybridized carbons (Fsp3) is 0.765. The first-order chi connectivity index (χ1) is 12.3. The zero-order chi connectivity index (χ0) is 18.9. The van der Waals surface area contributed by atoms with Crippen LogP contribution in [0.15, 0.2) is 6.07 Å². The molecule has 1 unspecified atom stereocenters. The van der Waals surface area contributed by atoms with Crippen molar-refractivity contribution in [3.05, 3.63) is 11.8 Å². The molecule has 0 saturated carbocycles. The minimum absolute atomic E-state index is 0.179. The molecule has 0 amide bonds. The molecule has 0 radical (unpaired) electrons. The summed E-state index contributed by atoms with van der Waals surface area (Å²) in [7, 11) is 3.37. The quantitative estimate of drug-likeness (QED) is 0.802. The van der Waals surface area contributed by atoms with Crippen molar-refractivity contribution in [2.75, 3.05) is 69.7 Å². The summed E-state index contributed by atoms with van der Waals surface area (Å²) in [6, 6.07) is 1.36. The van der Waals surface area contributed by atoms with Gasteiger partial charge in [-0.05, 0) is 13.0 Å². The highest BCUT2D eigenvalue weighted by molar-refractivity contribution is 5.46. The number of rotatable bonds is 4.